The molecule has 0 atom stereocenters. The predicted molar refractivity (Wildman–Crippen MR) is 143 cm³/mol. The Balaban J connectivity index is 0.000000482. The first-order valence-electron chi connectivity index (χ1n) is 12.1. The highest BCUT2D eigenvalue weighted by Gasteiger charge is 2.14. The van der Waals surface area contributed by atoms with E-state index in [1.807, 2.05) is 36.4 Å². The van der Waals surface area contributed by atoms with Crippen molar-refractivity contribution in [2.75, 3.05) is 38.0 Å². The highest BCUT2D eigenvalue weighted by Crippen LogP contribution is 2.15. The van der Waals surface area contributed by atoms with Crippen molar-refractivity contribution in [3.05, 3.63) is 72.4 Å². The van der Waals surface area contributed by atoms with Crippen LogP contribution in [0, 0.1) is 0 Å². The number of nitrogens with two attached hydrogens (primary N) is 2. The number of carbonyl (C=O) groups excluding carboxylic acids is 3. The van der Waals surface area contributed by atoms with Crippen molar-refractivity contribution in [2.24, 2.45) is 11.5 Å². The monoisotopic (exact) mass is 492 g/mol. The number of hydrogen-bond acceptors (Lipinski definition) is 6. The molecule has 0 radical (unpaired) electrons. The molecule has 1 aromatic heterocycles. The molecule has 0 spiro atoms. The van der Waals surface area contributed by atoms with Crippen LogP contribution in [0.25, 0.3) is 10.9 Å². The quantitative estimate of drug-likeness (QED) is 0.323. The van der Waals surface area contributed by atoms with Crippen molar-refractivity contribution in [3.8, 4) is 0 Å². The topological polar surface area (TPSA) is 143 Å². The van der Waals surface area contributed by atoms with Crippen LogP contribution in [0.1, 0.15) is 25.3 Å². The molecule has 3 amide bonds. The van der Waals surface area contributed by atoms with Gasteiger partial charge in [0.1, 0.15) is 0 Å². The van der Waals surface area contributed by atoms with Crippen LogP contribution in [0.5, 0.6) is 0 Å². The normalized spacial score (nSPS) is 10.2. The molecular formula is C27H36N6O3. The number of hydrogen-bond donors (Lipinski definition) is 4. The van der Waals surface area contributed by atoms with E-state index in [2.05, 4.69) is 46.8 Å². The van der Waals surface area contributed by atoms with E-state index in [1.165, 1.54) is 10.5 Å². The third-order valence-corrected chi connectivity index (χ3v) is 5.29. The Kier molecular flexibility index (Phi) is 12.6. The second-order valence-electron chi connectivity index (χ2n) is 8.04. The van der Waals surface area contributed by atoms with E-state index in [1.54, 1.807) is 6.20 Å². The number of benzene rings is 2. The predicted octanol–water partition coefficient (Wildman–Crippen LogP) is 2.06. The Bertz CT molecular complexity index is 1100. The summed E-state index contributed by atoms with van der Waals surface area (Å²) in [6.45, 7) is 3.45. The first-order valence-corrected chi connectivity index (χ1v) is 12.1. The van der Waals surface area contributed by atoms with Gasteiger partial charge in [-0.2, -0.15) is 0 Å². The lowest BCUT2D eigenvalue weighted by Gasteiger charge is -2.21. The number of nitrogens with one attached hydrogen (secondary N) is 2. The molecule has 192 valence electrons. The highest BCUT2D eigenvalue weighted by molar-refractivity contribution is 5.96. The average molecular weight is 493 g/mol. The van der Waals surface area contributed by atoms with Crippen LogP contribution >= 0.6 is 0 Å². The van der Waals surface area contributed by atoms with E-state index >= 15 is 0 Å². The summed E-state index contributed by atoms with van der Waals surface area (Å²) in [4.78, 5) is 41.8. The van der Waals surface area contributed by atoms with Gasteiger partial charge in [-0.15, -0.1) is 0 Å². The lowest BCUT2D eigenvalue weighted by Crippen LogP contribution is -2.39. The van der Waals surface area contributed by atoms with Crippen LogP contribution < -0.4 is 22.1 Å². The van der Waals surface area contributed by atoms with Gasteiger partial charge in [0.25, 0.3) is 0 Å². The lowest BCUT2D eigenvalue weighted by atomic mass is 10.2. The lowest BCUT2D eigenvalue weighted by molar-refractivity contribution is -0.133. The van der Waals surface area contributed by atoms with Crippen molar-refractivity contribution < 1.29 is 14.4 Å². The SMILES string of the molecule is CCc1ccccc1.NCCN(CCN)C(=O)CCC(=O)NCC(=O)Nc1cnc2ccccc2c1. The maximum absolute atomic E-state index is 12.1. The molecule has 0 fully saturated rings. The van der Waals surface area contributed by atoms with E-state index in [-0.39, 0.29) is 37.1 Å². The Hall–Kier alpha value is -3.82. The van der Waals surface area contributed by atoms with Crippen molar-refractivity contribution in [1.29, 1.82) is 0 Å². The summed E-state index contributed by atoms with van der Waals surface area (Å²) in [6.07, 6.45) is 2.74. The summed E-state index contributed by atoms with van der Waals surface area (Å²) in [5, 5.41) is 6.10. The van der Waals surface area contributed by atoms with E-state index in [9.17, 15) is 14.4 Å². The number of aryl methyl sites for hydroxylation is 1. The van der Waals surface area contributed by atoms with Gasteiger partial charge in [0.2, 0.25) is 17.7 Å². The van der Waals surface area contributed by atoms with E-state index in [0.717, 1.165) is 17.3 Å². The van der Waals surface area contributed by atoms with Crippen LogP contribution in [-0.4, -0.2) is 60.3 Å². The van der Waals surface area contributed by atoms with Crippen molar-refractivity contribution in [1.82, 2.24) is 15.2 Å². The zero-order valence-corrected chi connectivity index (χ0v) is 20.8. The molecule has 2 aromatic carbocycles. The van der Waals surface area contributed by atoms with E-state index < -0.39 is 0 Å². The second kappa shape index (κ2) is 16.0. The molecule has 6 N–H and O–H groups in total. The molecule has 0 unspecified atom stereocenters. The van der Waals surface area contributed by atoms with Crippen molar-refractivity contribution in [3.63, 3.8) is 0 Å². The van der Waals surface area contributed by atoms with E-state index in [0.29, 0.717) is 31.9 Å². The maximum Gasteiger partial charge on any atom is 0.243 e. The Labute approximate surface area is 212 Å². The van der Waals surface area contributed by atoms with Gasteiger partial charge in [-0.25, -0.2) is 0 Å². The molecule has 9 nitrogen and oxygen atoms in total. The van der Waals surface area contributed by atoms with Gasteiger partial charge in [0.15, 0.2) is 0 Å². The Morgan fingerprint density at radius 3 is 2.19 bits per heavy atom. The number of anilines is 1. The second-order valence-corrected chi connectivity index (χ2v) is 8.04. The third kappa shape index (κ3) is 10.2. The number of amides is 3. The number of carbonyl (C=O) groups is 3. The summed E-state index contributed by atoms with van der Waals surface area (Å²) in [6, 6.07) is 19.8. The zero-order chi connectivity index (χ0) is 26.2. The largest absolute Gasteiger partial charge is 0.347 e. The molecule has 3 rings (SSSR count). The fourth-order valence-electron chi connectivity index (χ4n) is 3.38. The van der Waals surface area contributed by atoms with Gasteiger partial charge in [0.05, 0.1) is 23.9 Å². The molecule has 0 aliphatic rings. The van der Waals surface area contributed by atoms with Crippen LogP contribution in [0.15, 0.2) is 66.9 Å². The van der Waals surface area contributed by atoms with Gasteiger partial charge in [-0.1, -0.05) is 55.5 Å². The molecule has 0 aliphatic carbocycles. The average Bonchev–Trinajstić information content (AvgIpc) is 2.91. The number of pyridine rings is 1. The summed E-state index contributed by atoms with van der Waals surface area (Å²) < 4.78 is 0. The third-order valence-electron chi connectivity index (χ3n) is 5.29. The number of para-hydroxylation sites is 1. The summed E-state index contributed by atoms with van der Waals surface area (Å²) in [7, 11) is 0. The fraction of sp³-hybridized carbons (Fsp3) is 0.333. The van der Waals surface area contributed by atoms with Crippen LogP contribution in [0.4, 0.5) is 5.69 Å². The maximum atomic E-state index is 12.1. The van der Waals surface area contributed by atoms with E-state index in [4.69, 9.17) is 11.5 Å². The Morgan fingerprint density at radius 2 is 1.56 bits per heavy atom. The minimum atomic E-state index is -0.374. The molecule has 0 bridgehead atoms. The van der Waals surface area contributed by atoms with Gasteiger partial charge in [-0.3, -0.25) is 19.4 Å². The van der Waals surface area contributed by atoms with Crippen LogP contribution in [0.3, 0.4) is 0 Å². The van der Waals surface area contributed by atoms with Gasteiger partial charge < -0.3 is 27.0 Å². The summed E-state index contributed by atoms with van der Waals surface area (Å²) in [5.74, 6) is -0.928. The van der Waals surface area contributed by atoms with Gasteiger partial charge in [0, 0.05) is 44.4 Å². The first-order chi connectivity index (χ1) is 17.5. The molecule has 9 heteroatoms. The van der Waals surface area contributed by atoms with Crippen LogP contribution in [-0.2, 0) is 20.8 Å². The van der Waals surface area contributed by atoms with Crippen molar-refractivity contribution in [2.45, 2.75) is 26.2 Å². The highest BCUT2D eigenvalue weighted by atomic mass is 16.2. The minimum absolute atomic E-state index is 0.00468. The summed E-state index contributed by atoms with van der Waals surface area (Å²) in [5.41, 5.74) is 13.7. The molecule has 1 heterocycles. The fourth-order valence-corrected chi connectivity index (χ4v) is 3.38. The number of rotatable bonds is 11. The Morgan fingerprint density at radius 1 is 0.889 bits per heavy atom. The standard InChI is InChI=1S/C19H26N6O3.C8H10/c20-7-9-25(10-8-21)19(28)6-5-17(26)23-13-18(27)24-15-11-14-3-1-2-4-16(14)22-12-15;1-2-8-6-4-3-5-7-8/h1-4,11-12H,5-10,13,20-21H2,(H,23,26)(H,24,27);3-7H,2H2,1H3. The number of fused-ring (bicyclic) bond motifs is 1. The van der Waals surface area contributed by atoms with Crippen LogP contribution in [0.2, 0.25) is 0 Å². The molecule has 36 heavy (non-hydrogen) atoms. The minimum Gasteiger partial charge on any atom is -0.347 e. The van der Waals surface area contributed by atoms with Crippen molar-refractivity contribution >= 4 is 34.3 Å². The molecule has 3 aromatic rings. The smallest absolute Gasteiger partial charge is 0.243 e. The molecule has 0 aliphatic heterocycles. The molecule has 0 saturated heterocycles. The number of aromatic nitrogens is 1. The van der Waals surface area contributed by atoms with Gasteiger partial charge >= 0.3 is 0 Å². The zero-order valence-electron chi connectivity index (χ0n) is 20.8. The number of nitrogens with zero attached hydrogens (tertiary/aromatic N) is 2. The summed E-state index contributed by atoms with van der Waals surface area (Å²) >= 11 is 0. The molecule has 0 saturated carbocycles. The first kappa shape index (κ1) is 28.4. The van der Waals surface area contributed by atoms with Gasteiger partial charge in [-0.05, 0) is 24.1 Å². The molecular weight excluding hydrogens is 456 g/mol.